The number of hydrogen-bond acceptors (Lipinski definition) is 1. The Kier molecular flexibility index (Phi) is 4.20. The fourth-order valence-electron chi connectivity index (χ4n) is 1.86. The van der Waals surface area contributed by atoms with E-state index >= 15 is 0 Å². The average molecular weight is 365 g/mol. The van der Waals surface area contributed by atoms with Gasteiger partial charge in [-0.15, -0.1) is 0 Å². The van der Waals surface area contributed by atoms with Gasteiger partial charge >= 0.3 is 0 Å². The van der Waals surface area contributed by atoms with Crippen LogP contribution in [0, 0.1) is 5.82 Å². The first kappa shape index (κ1) is 13.0. The fourth-order valence-corrected chi connectivity index (χ4v) is 2.52. The number of halogens is 3. The Balaban J connectivity index is 2.11. The quantitative estimate of drug-likeness (QED) is 0.697. The highest BCUT2D eigenvalue weighted by Gasteiger charge is 2.22. The molecule has 1 aromatic rings. The summed E-state index contributed by atoms with van der Waals surface area (Å²) in [5, 5.41) is 0. The minimum atomic E-state index is -0.397. The highest BCUT2D eigenvalue weighted by molar-refractivity contribution is 9.10. The molecule has 0 saturated carbocycles. The summed E-state index contributed by atoms with van der Waals surface area (Å²) in [6, 6.07) is 4.50. The van der Waals surface area contributed by atoms with Gasteiger partial charge in [0.25, 0.3) is 5.91 Å². The largest absolute Gasteiger partial charge is 0.339 e. The van der Waals surface area contributed by atoms with Gasteiger partial charge in [0.05, 0.1) is 4.47 Å². The molecule has 1 aromatic carbocycles. The van der Waals surface area contributed by atoms with E-state index < -0.39 is 5.82 Å². The number of benzene rings is 1. The molecule has 0 bridgehead atoms. The van der Waals surface area contributed by atoms with E-state index in [-0.39, 0.29) is 5.91 Å². The first-order chi connectivity index (χ1) is 8.08. The SMILES string of the molecule is O=C(c1ccc(Br)c(F)c1)N1CCC(Br)CC1. The molecule has 2 nitrogen and oxygen atoms in total. The Morgan fingerprint density at radius 3 is 2.59 bits per heavy atom. The molecule has 92 valence electrons. The van der Waals surface area contributed by atoms with Gasteiger partial charge in [0, 0.05) is 23.5 Å². The van der Waals surface area contributed by atoms with Gasteiger partial charge < -0.3 is 4.90 Å². The van der Waals surface area contributed by atoms with Crippen molar-refractivity contribution in [3.05, 3.63) is 34.1 Å². The first-order valence-corrected chi connectivity index (χ1v) is 7.17. The highest BCUT2D eigenvalue weighted by atomic mass is 79.9. The summed E-state index contributed by atoms with van der Waals surface area (Å²) in [7, 11) is 0. The van der Waals surface area contributed by atoms with Crippen LogP contribution in [0.4, 0.5) is 4.39 Å². The van der Waals surface area contributed by atoms with Crippen LogP contribution >= 0.6 is 31.9 Å². The molecule has 1 aliphatic heterocycles. The van der Waals surface area contributed by atoms with Crippen molar-refractivity contribution in [3.63, 3.8) is 0 Å². The van der Waals surface area contributed by atoms with E-state index in [9.17, 15) is 9.18 Å². The van der Waals surface area contributed by atoms with Gasteiger partial charge in [-0.2, -0.15) is 0 Å². The lowest BCUT2D eigenvalue weighted by Gasteiger charge is -2.29. The third-order valence-electron chi connectivity index (χ3n) is 2.88. The second-order valence-electron chi connectivity index (χ2n) is 4.10. The molecule has 0 N–H and O–H groups in total. The van der Waals surface area contributed by atoms with E-state index in [2.05, 4.69) is 31.9 Å². The zero-order valence-electron chi connectivity index (χ0n) is 9.13. The molecule has 2 rings (SSSR count). The van der Waals surface area contributed by atoms with Gasteiger partial charge in [0.2, 0.25) is 0 Å². The molecule has 1 aliphatic rings. The van der Waals surface area contributed by atoms with Gasteiger partial charge in [-0.3, -0.25) is 4.79 Å². The molecule has 0 spiro atoms. The number of alkyl halides is 1. The summed E-state index contributed by atoms with van der Waals surface area (Å²) in [5.41, 5.74) is 0.415. The fraction of sp³-hybridized carbons (Fsp3) is 0.417. The average Bonchev–Trinajstić information content (AvgIpc) is 2.33. The van der Waals surface area contributed by atoms with E-state index in [0.29, 0.717) is 14.9 Å². The van der Waals surface area contributed by atoms with Crippen LogP contribution in [0.3, 0.4) is 0 Å². The maximum Gasteiger partial charge on any atom is 0.253 e. The number of piperidine rings is 1. The van der Waals surface area contributed by atoms with Gasteiger partial charge in [-0.1, -0.05) is 15.9 Å². The van der Waals surface area contributed by atoms with Crippen molar-refractivity contribution in [2.75, 3.05) is 13.1 Å². The molecule has 0 aliphatic carbocycles. The third-order valence-corrected chi connectivity index (χ3v) is 4.44. The van der Waals surface area contributed by atoms with Crippen molar-refractivity contribution in [1.29, 1.82) is 0 Å². The zero-order chi connectivity index (χ0) is 12.4. The van der Waals surface area contributed by atoms with Crippen molar-refractivity contribution in [3.8, 4) is 0 Å². The van der Waals surface area contributed by atoms with Crippen LogP contribution in [0.5, 0.6) is 0 Å². The summed E-state index contributed by atoms with van der Waals surface area (Å²) in [6.07, 6.45) is 1.90. The van der Waals surface area contributed by atoms with Crippen LogP contribution in [-0.4, -0.2) is 28.7 Å². The van der Waals surface area contributed by atoms with Crippen molar-refractivity contribution >= 4 is 37.8 Å². The van der Waals surface area contributed by atoms with Crippen LogP contribution in [0.25, 0.3) is 0 Å². The lowest BCUT2D eigenvalue weighted by Crippen LogP contribution is -2.38. The lowest BCUT2D eigenvalue weighted by molar-refractivity contribution is 0.0728. The number of nitrogens with zero attached hydrogens (tertiary/aromatic N) is 1. The number of carbonyl (C=O) groups excluding carboxylic acids is 1. The van der Waals surface area contributed by atoms with E-state index in [1.165, 1.54) is 6.07 Å². The number of amides is 1. The third kappa shape index (κ3) is 3.07. The molecule has 1 saturated heterocycles. The molecule has 0 atom stereocenters. The Hall–Kier alpha value is -0.420. The monoisotopic (exact) mass is 363 g/mol. The summed E-state index contributed by atoms with van der Waals surface area (Å²) in [5.74, 6) is -0.484. The second kappa shape index (κ2) is 5.48. The minimum Gasteiger partial charge on any atom is -0.339 e. The Labute approximate surface area is 116 Å². The summed E-state index contributed by atoms with van der Waals surface area (Å²) in [6.45, 7) is 1.46. The Bertz CT molecular complexity index is 431. The number of carbonyl (C=O) groups is 1. The van der Waals surface area contributed by atoms with Gasteiger partial charge in [0.15, 0.2) is 0 Å². The molecule has 0 radical (unpaired) electrons. The van der Waals surface area contributed by atoms with E-state index in [1.807, 2.05) is 0 Å². The topological polar surface area (TPSA) is 20.3 Å². The molecule has 0 unspecified atom stereocenters. The first-order valence-electron chi connectivity index (χ1n) is 5.46. The van der Waals surface area contributed by atoms with Crippen LogP contribution in [0.15, 0.2) is 22.7 Å². The standard InChI is InChI=1S/C12H12Br2FNO/c13-9-3-5-16(6-4-9)12(17)8-1-2-10(14)11(15)7-8/h1-2,7,9H,3-6H2. The van der Waals surface area contributed by atoms with E-state index in [4.69, 9.17) is 0 Å². The maximum atomic E-state index is 13.3. The van der Waals surface area contributed by atoms with Gasteiger partial charge in [-0.25, -0.2) is 4.39 Å². The zero-order valence-corrected chi connectivity index (χ0v) is 12.3. The second-order valence-corrected chi connectivity index (χ2v) is 6.25. The molecular formula is C12H12Br2FNO. The molecule has 17 heavy (non-hydrogen) atoms. The minimum absolute atomic E-state index is 0.0872. The molecule has 1 amide bonds. The predicted molar refractivity (Wildman–Crippen MR) is 72.0 cm³/mol. The van der Waals surface area contributed by atoms with Crippen molar-refractivity contribution < 1.29 is 9.18 Å². The lowest BCUT2D eigenvalue weighted by atomic mass is 10.1. The summed E-state index contributed by atoms with van der Waals surface area (Å²) >= 11 is 6.61. The Morgan fingerprint density at radius 1 is 1.35 bits per heavy atom. The van der Waals surface area contributed by atoms with Crippen LogP contribution in [0.2, 0.25) is 0 Å². The van der Waals surface area contributed by atoms with Crippen LogP contribution in [0.1, 0.15) is 23.2 Å². The molecule has 1 fully saturated rings. The highest BCUT2D eigenvalue weighted by Crippen LogP contribution is 2.21. The maximum absolute atomic E-state index is 13.3. The van der Waals surface area contributed by atoms with Crippen molar-refractivity contribution in [2.45, 2.75) is 17.7 Å². The molecule has 1 heterocycles. The number of rotatable bonds is 1. The van der Waals surface area contributed by atoms with E-state index in [1.54, 1.807) is 17.0 Å². The molecule has 5 heteroatoms. The number of likely N-dealkylation sites (tertiary alicyclic amines) is 1. The van der Waals surface area contributed by atoms with Crippen LogP contribution in [-0.2, 0) is 0 Å². The summed E-state index contributed by atoms with van der Waals surface area (Å²) in [4.78, 5) is 14.4. The Morgan fingerprint density at radius 2 is 2.00 bits per heavy atom. The normalized spacial score (nSPS) is 17.2. The molecular weight excluding hydrogens is 353 g/mol. The van der Waals surface area contributed by atoms with Crippen LogP contribution < -0.4 is 0 Å². The predicted octanol–water partition coefficient (Wildman–Crippen LogP) is 3.59. The number of hydrogen-bond donors (Lipinski definition) is 0. The smallest absolute Gasteiger partial charge is 0.253 e. The van der Waals surface area contributed by atoms with E-state index in [0.717, 1.165) is 25.9 Å². The van der Waals surface area contributed by atoms with Gasteiger partial charge in [-0.05, 0) is 47.0 Å². The van der Waals surface area contributed by atoms with Gasteiger partial charge in [0.1, 0.15) is 5.82 Å². The van der Waals surface area contributed by atoms with Crippen molar-refractivity contribution in [1.82, 2.24) is 4.90 Å². The van der Waals surface area contributed by atoms with Crippen molar-refractivity contribution in [2.24, 2.45) is 0 Å². The summed E-state index contributed by atoms with van der Waals surface area (Å²) < 4.78 is 13.7. The molecule has 0 aromatic heterocycles.